The van der Waals surface area contributed by atoms with Crippen LogP contribution >= 0.6 is 0 Å². The minimum atomic E-state index is -0.339. The molecule has 3 rings (SSSR count). The van der Waals surface area contributed by atoms with Crippen LogP contribution in [-0.4, -0.2) is 11.6 Å². The van der Waals surface area contributed by atoms with Crippen molar-refractivity contribution in [2.24, 2.45) is 17.8 Å². The minimum Gasteiger partial charge on any atom is -0.450 e. The molecule has 1 saturated heterocycles. The fourth-order valence-corrected chi connectivity index (χ4v) is 4.11. The molecule has 0 aromatic rings. The zero-order valence-electron chi connectivity index (χ0n) is 10.7. The maximum atomic E-state index is 11.9. The van der Waals surface area contributed by atoms with Crippen molar-refractivity contribution in [1.82, 2.24) is 0 Å². The number of esters is 1. The Balaban J connectivity index is 2.11. The molecule has 2 nitrogen and oxygen atoms in total. The fraction of sp³-hybridized carbons (Fsp3) is 0.667. The zero-order valence-corrected chi connectivity index (χ0v) is 10.7. The van der Waals surface area contributed by atoms with Crippen molar-refractivity contribution in [2.75, 3.05) is 0 Å². The molecule has 3 aliphatic rings. The summed E-state index contributed by atoms with van der Waals surface area (Å²) in [6, 6.07) is 0. The first kappa shape index (κ1) is 11.1. The van der Waals surface area contributed by atoms with E-state index < -0.39 is 0 Å². The monoisotopic (exact) mass is 232 g/mol. The van der Waals surface area contributed by atoms with E-state index in [-0.39, 0.29) is 17.5 Å². The predicted octanol–water partition coefficient (Wildman–Crippen LogP) is 3.24. The van der Waals surface area contributed by atoms with E-state index in [1.807, 2.05) is 0 Å². The molecular weight excluding hydrogens is 212 g/mol. The van der Waals surface area contributed by atoms with Crippen molar-refractivity contribution in [1.29, 1.82) is 0 Å². The van der Waals surface area contributed by atoms with Gasteiger partial charge < -0.3 is 4.74 Å². The maximum Gasteiger partial charge on any atom is 0.334 e. The Hall–Kier alpha value is -1.05. The van der Waals surface area contributed by atoms with Gasteiger partial charge in [0.15, 0.2) is 0 Å². The third-order valence-corrected chi connectivity index (χ3v) is 5.00. The number of allylic oxidation sites excluding steroid dienone is 1. The van der Waals surface area contributed by atoms with Crippen LogP contribution in [0, 0.1) is 17.8 Å². The Morgan fingerprint density at radius 3 is 2.94 bits per heavy atom. The highest BCUT2D eigenvalue weighted by molar-refractivity contribution is 5.92. The molecule has 2 aliphatic carbocycles. The molecule has 0 amide bonds. The molecule has 0 unspecified atom stereocenters. The van der Waals surface area contributed by atoms with Gasteiger partial charge in [0.2, 0.25) is 0 Å². The summed E-state index contributed by atoms with van der Waals surface area (Å²) in [5, 5.41) is 0. The van der Waals surface area contributed by atoms with Gasteiger partial charge in [0.25, 0.3) is 0 Å². The normalized spacial score (nSPS) is 44.8. The highest BCUT2D eigenvalue weighted by atomic mass is 16.6. The first-order valence-electron chi connectivity index (χ1n) is 6.65. The van der Waals surface area contributed by atoms with Gasteiger partial charge in [0.1, 0.15) is 5.60 Å². The van der Waals surface area contributed by atoms with Gasteiger partial charge in [-0.3, -0.25) is 0 Å². The Kier molecular flexibility index (Phi) is 2.26. The molecule has 0 radical (unpaired) electrons. The third-order valence-electron chi connectivity index (χ3n) is 5.00. The number of carbonyl (C=O) groups excluding carboxylic acids is 1. The van der Waals surface area contributed by atoms with E-state index in [1.165, 1.54) is 12.0 Å². The number of carbonyl (C=O) groups is 1. The lowest BCUT2D eigenvalue weighted by molar-refractivity contribution is -0.153. The van der Waals surface area contributed by atoms with Crippen molar-refractivity contribution < 1.29 is 9.53 Å². The summed E-state index contributed by atoms with van der Waals surface area (Å²) >= 11 is 0. The summed E-state index contributed by atoms with van der Waals surface area (Å²) in [4.78, 5) is 11.9. The minimum absolute atomic E-state index is 0.167. The molecule has 0 aromatic heterocycles. The quantitative estimate of drug-likeness (QED) is 0.364. The van der Waals surface area contributed by atoms with Gasteiger partial charge in [-0.1, -0.05) is 19.1 Å². The van der Waals surface area contributed by atoms with Crippen molar-refractivity contribution in [2.45, 2.75) is 45.1 Å². The number of rotatable bonds is 0. The molecule has 2 heteroatoms. The van der Waals surface area contributed by atoms with Crippen LogP contribution in [0.5, 0.6) is 0 Å². The second-order valence-electron chi connectivity index (χ2n) is 6.01. The van der Waals surface area contributed by atoms with E-state index in [0.29, 0.717) is 17.4 Å². The standard InChI is InChI=1S/C15H20O2/c1-9-4-6-12-10(2)5-7-13-11(3)14(16)17-15(12,13)8-9/h8,10,12-13H,3-7H2,1-2H3/t10-,12+,13+,15+/m1/s1. The van der Waals surface area contributed by atoms with Crippen LogP contribution in [0.3, 0.4) is 0 Å². The van der Waals surface area contributed by atoms with Crippen LogP contribution < -0.4 is 0 Å². The Morgan fingerprint density at radius 2 is 2.18 bits per heavy atom. The van der Waals surface area contributed by atoms with Crippen LogP contribution in [0.4, 0.5) is 0 Å². The molecule has 0 bridgehead atoms. The molecule has 0 N–H and O–H groups in total. The summed E-state index contributed by atoms with van der Waals surface area (Å²) in [7, 11) is 0. The van der Waals surface area contributed by atoms with Gasteiger partial charge in [-0.15, -0.1) is 0 Å². The van der Waals surface area contributed by atoms with Crippen LogP contribution in [-0.2, 0) is 9.53 Å². The van der Waals surface area contributed by atoms with Crippen molar-refractivity contribution in [3.63, 3.8) is 0 Å². The average molecular weight is 232 g/mol. The molecule has 92 valence electrons. The summed E-state index contributed by atoms with van der Waals surface area (Å²) < 4.78 is 5.80. The molecule has 2 fully saturated rings. The summed E-state index contributed by atoms with van der Waals surface area (Å²) in [5.74, 6) is 1.20. The van der Waals surface area contributed by atoms with E-state index in [4.69, 9.17) is 4.74 Å². The largest absolute Gasteiger partial charge is 0.450 e. The van der Waals surface area contributed by atoms with Gasteiger partial charge in [-0.25, -0.2) is 4.79 Å². The van der Waals surface area contributed by atoms with E-state index >= 15 is 0 Å². The molecule has 0 aromatic carbocycles. The number of hydrogen-bond acceptors (Lipinski definition) is 2. The van der Waals surface area contributed by atoms with Crippen LogP contribution in [0.15, 0.2) is 23.8 Å². The van der Waals surface area contributed by atoms with Crippen molar-refractivity contribution in [3.8, 4) is 0 Å². The first-order chi connectivity index (χ1) is 8.04. The topological polar surface area (TPSA) is 26.3 Å². The van der Waals surface area contributed by atoms with Gasteiger partial charge in [0, 0.05) is 17.4 Å². The number of hydrogen-bond donors (Lipinski definition) is 0. The summed E-state index contributed by atoms with van der Waals surface area (Å²) in [6.07, 6.45) is 6.78. The molecule has 1 aliphatic heterocycles. The van der Waals surface area contributed by atoms with Crippen LogP contribution in [0.25, 0.3) is 0 Å². The molecule has 1 heterocycles. The van der Waals surface area contributed by atoms with Gasteiger partial charge in [0.05, 0.1) is 0 Å². The van der Waals surface area contributed by atoms with Gasteiger partial charge in [-0.05, 0) is 44.6 Å². The van der Waals surface area contributed by atoms with E-state index in [9.17, 15) is 4.79 Å². The lowest BCUT2D eigenvalue weighted by atomic mass is 9.59. The molecular formula is C15H20O2. The molecule has 4 atom stereocenters. The molecule has 17 heavy (non-hydrogen) atoms. The SMILES string of the molecule is C=C1C(=O)O[C@@]23C=C(C)CC[C@H]2[C@H](C)CC[C@@H]13. The lowest BCUT2D eigenvalue weighted by Gasteiger charge is -2.48. The van der Waals surface area contributed by atoms with Crippen LogP contribution in [0.1, 0.15) is 39.5 Å². The molecule has 1 saturated carbocycles. The highest BCUT2D eigenvalue weighted by Gasteiger charge is 2.58. The average Bonchev–Trinajstić information content (AvgIpc) is 2.50. The fourth-order valence-electron chi connectivity index (χ4n) is 4.11. The van der Waals surface area contributed by atoms with Crippen molar-refractivity contribution in [3.05, 3.63) is 23.8 Å². The van der Waals surface area contributed by atoms with E-state index in [2.05, 4.69) is 26.5 Å². The Labute approximate surface area is 103 Å². The van der Waals surface area contributed by atoms with Crippen molar-refractivity contribution >= 4 is 5.97 Å². The van der Waals surface area contributed by atoms with Gasteiger partial charge in [-0.2, -0.15) is 0 Å². The van der Waals surface area contributed by atoms with E-state index in [1.54, 1.807) is 0 Å². The smallest absolute Gasteiger partial charge is 0.334 e. The summed E-state index contributed by atoms with van der Waals surface area (Å²) in [5.41, 5.74) is 1.73. The van der Waals surface area contributed by atoms with Gasteiger partial charge >= 0.3 is 5.97 Å². The maximum absolute atomic E-state index is 11.9. The van der Waals surface area contributed by atoms with Crippen LogP contribution in [0.2, 0.25) is 0 Å². The highest BCUT2D eigenvalue weighted by Crippen LogP contribution is 2.55. The Bertz CT molecular complexity index is 421. The Morgan fingerprint density at radius 1 is 1.41 bits per heavy atom. The third kappa shape index (κ3) is 1.36. The zero-order chi connectivity index (χ0) is 12.2. The predicted molar refractivity (Wildman–Crippen MR) is 66.3 cm³/mol. The second-order valence-corrected chi connectivity index (χ2v) is 6.01. The first-order valence-corrected chi connectivity index (χ1v) is 6.65. The second kappa shape index (κ2) is 3.47. The number of ether oxygens (including phenoxy) is 1. The molecule has 1 spiro atoms. The summed E-state index contributed by atoms with van der Waals surface area (Å²) in [6.45, 7) is 8.40. The van der Waals surface area contributed by atoms with E-state index in [0.717, 1.165) is 19.3 Å². The lowest BCUT2D eigenvalue weighted by Crippen LogP contribution is -2.49.